The highest BCUT2D eigenvalue weighted by Gasteiger charge is 2.22. The Labute approximate surface area is 202 Å². The van der Waals surface area contributed by atoms with Gasteiger partial charge in [-0.05, 0) is 44.7 Å². The van der Waals surface area contributed by atoms with E-state index in [0.29, 0.717) is 34.3 Å². The number of allylic oxidation sites excluding steroid dienone is 1. The van der Waals surface area contributed by atoms with E-state index in [-0.39, 0.29) is 12.1 Å². The Kier molecular flexibility index (Phi) is 5.70. The smallest absolute Gasteiger partial charge is 0.278 e. The van der Waals surface area contributed by atoms with Crippen LogP contribution in [0.25, 0.3) is 16.9 Å². The fraction of sp³-hybridized carbons (Fsp3) is 0.320. The van der Waals surface area contributed by atoms with Crippen LogP contribution in [0.1, 0.15) is 30.8 Å². The summed E-state index contributed by atoms with van der Waals surface area (Å²) in [6.45, 7) is 9.21. The van der Waals surface area contributed by atoms with Crippen molar-refractivity contribution in [2.45, 2.75) is 39.0 Å². The third kappa shape index (κ3) is 4.33. The maximum Gasteiger partial charge on any atom is 0.278 e. The monoisotopic (exact) mass is 472 g/mol. The summed E-state index contributed by atoms with van der Waals surface area (Å²) < 4.78 is 3.14. The molecule has 0 bridgehead atoms. The zero-order valence-electron chi connectivity index (χ0n) is 20.1. The van der Waals surface area contributed by atoms with Crippen LogP contribution >= 0.6 is 0 Å². The normalized spacial score (nSPS) is 14.2. The molecule has 0 atom stereocenters. The lowest BCUT2D eigenvalue weighted by Gasteiger charge is -2.24. The van der Waals surface area contributed by atoms with Crippen LogP contribution in [0.2, 0.25) is 0 Å². The number of aliphatic hydroxyl groups is 1. The SMILES string of the molecule is C=CCn1c(=O)c2cnc(Nc3ccc4c(n3)CCN(C)C4)nc2n1-c1cccc(C(C)(C)O)n1. The zero-order valence-corrected chi connectivity index (χ0v) is 20.1. The second-order valence-corrected chi connectivity index (χ2v) is 9.27. The minimum atomic E-state index is -1.14. The average molecular weight is 473 g/mol. The summed E-state index contributed by atoms with van der Waals surface area (Å²) in [5.41, 5.74) is 1.76. The van der Waals surface area contributed by atoms with E-state index in [2.05, 4.69) is 44.9 Å². The van der Waals surface area contributed by atoms with Gasteiger partial charge in [-0.25, -0.2) is 24.3 Å². The van der Waals surface area contributed by atoms with Crippen LogP contribution in [0, 0.1) is 0 Å². The van der Waals surface area contributed by atoms with Gasteiger partial charge in [-0.2, -0.15) is 4.98 Å². The first kappa shape index (κ1) is 22.9. The third-order valence-electron chi connectivity index (χ3n) is 6.03. The van der Waals surface area contributed by atoms with Gasteiger partial charge in [0.15, 0.2) is 11.5 Å². The van der Waals surface area contributed by atoms with E-state index in [1.807, 2.05) is 6.07 Å². The predicted molar refractivity (Wildman–Crippen MR) is 134 cm³/mol. The average Bonchev–Trinajstić information content (AvgIpc) is 3.10. The van der Waals surface area contributed by atoms with Crippen molar-refractivity contribution in [1.29, 1.82) is 0 Å². The van der Waals surface area contributed by atoms with Gasteiger partial charge in [0.25, 0.3) is 5.56 Å². The first-order valence-corrected chi connectivity index (χ1v) is 11.5. The van der Waals surface area contributed by atoms with Crippen molar-refractivity contribution in [3.8, 4) is 5.82 Å². The van der Waals surface area contributed by atoms with E-state index in [4.69, 9.17) is 4.98 Å². The van der Waals surface area contributed by atoms with E-state index in [9.17, 15) is 9.90 Å². The van der Waals surface area contributed by atoms with E-state index >= 15 is 0 Å². The van der Waals surface area contributed by atoms with Gasteiger partial charge in [0.2, 0.25) is 5.95 Å². The summed E-state index contributed by atoms with van der Waals surface area (Å²) in [6, 6.07) is 9.29. The Morgan fingerprint density at radius 2 is 2.03 bits per heavy atom. The molecule has 5 heterocycles. The Bertz CT molecular complexity index is 1480. The molecule has 4 aromatic heterocycles. The van der Waals surface area contributed by atoms with Crippen LogP contribution in [0.3, 0.4) is 0 Å². The number of likely N-dealkylation sites (N-methyl/N-ethyl adjacent to an activating group) is 1. The molecular weight excluding hydrogens is 444 g/mol. The lowest BCUT2D eigenvalue weighted by molar-refractivity contribution is 0.0738. The van der Waals surface area contributed by atoms with E-state index in [1.165, 1.54) is 16.4 Å². The van der Waals surface area contributed by atoms with Gasteiger partial charge in [0, 0.05) is 31.4 Å². The van der Waals surface area contributed by atoms with Crippen molar-refractivity contribution in [3.05, 3.63) is 76.5 Å². The topological polar surface area (TPSA) is 114 Å². The highest BCUT2D eigenvalue weighted by atomic mass is 16.3. The first-order valence-electron chi connectivity index (χ1n) is 11.5. The molecule has 0 radical (unpaired) electrons. The zero-order chi connectivity index (χ0) is 24.7. The fourth-order valence-corrected chi connectivity index (χ4v) is 4.23. The van der Waals surface area contributed by atoms with Crippen molar-refractivity contribution in [1.82, 2.24) is 34.2 Å². The summed E-state index contributed by atoms with van der Waals surface area (Å²) >= 11 is 0. The van der Waals surface area contributed by atoms with Gasteiger partial charge < -0.3 is 15.3 Å². The summed E-state index contributed by atoms with van der Waals surface area (Å²) in [5, 5.41) is 14.0. The molecular formula is C25H28N8O2. The minimum Gasteiger partial charge on any atom is -0.384 e. The number of aromatic nitrogens is 6. The maximum absolute atomic E-state index is 13.2. The second kappa shape index (κ2) is 8.71. The Morgan fingerprint density at radius 1 is 1.20 bits per heavy atom. The molecule has 2 N–H and O–H groups in total. The van der Waals surface area contributed by atoms with Crippen LogP contribution in [-0.2, 0) is 25.1 Å². The molecule has 10 heteroatoms. The van der Waals surface area contributed by atoms with Crippen LogP contribution in [0.15, 0.2) is 54.0 Å². The van der Waals surface area contributed by atoms with E-state index in [1.54, 1.807) is 42.8 Å². The summed E-state index contributed by atoms with van der Waals surface area (Å²) in [6.07, 6.45) is 4.03. The molecule has 1 aliphatic heterocycles. The van der Waals surface area contributed by atoms with Gasteiger partial charge in [0.1, 0.15) is 16.8 Å². The number of hydrogen-bond donors (Lipinski definition) is 2. The quantitative estimate of drug-likeness (QED) is 0.412. The lowest BCUT2D eigenvalue weighted by atomic mass is 10.1. The number of nitrogens with zero attached hydrogens (tertiary/aromatic N) is 7. The molecule has 1 aliphatic rings. The molecule has 4 aromatic rings. The standard InChI is InChI=1S/C25H28N8O2/c1-5-12-32-23(34)17-14-26-24(29-20-10-9-16-15-31(4)13-11-18(16)27-20)30-22(17)33(32)21-8-6-7-19(28-21)25(2,3)35/h5-10,14,35H,1,11-13,15H2,2-4H3,(H,26,27,29,30). The van der Waals surface area contributed by atoms with Gasteiger partial charge >= 0.3 is 0 Å². The largest absolute Gasteiger partial charge is 0.384 e. The molecule has 0 saturated carbocycles. The number of rotatable bonds is 6. The summed E-state index contributed by atoms with van der Waals surface area (Å²) in [4.78, 5) is 33.8. The Hall–Kier alpha value is -3.89. The van der Waals surface area contributed by atoms with Crippen LogP contribution in [-0.4, -0.2) is 52.9 Å². The molecule has 5 rings (SSSR count). The molecule has 0 saturated heterocycles. The Morgan fingerprint density at radius 3 is 2.80 bits per heavy atom. The molecule has 0 aliphatic carbocycles. The number of pyridine rings is 2. The summed E-state index contributed by atoms with van der Waals surface area (Å²) in [5.74, 6) is 1.43. The van der Waals surface area contributed by atoms with Crippen LogP contribution in [0.5, 0.6) is 0 Å². The van der Waals surface area contributed by atoms with E-state index < -0.39 is 5.60 Å². The number of nitrogens with one attached hydrogen (secondary N) is 1. The molecule has 0 unspecified atom stereocenters. The van der Waals surface area contributed by atoms with E-state index in [0.717, 1.165) is 25.2 Å². The minimum absolute atomic E-state index is 0.252. The summed E-state index contributed by atoms with van der Waals surface area (Å²) in [7, 11) is 2.10. The second-order valence-electron chi connectivity index (χ2n) is 9.27. The first-order chi connectivity index (χ1) is 16.7. The number of hydrogen-bond acceptors (Lipinski definition) is 8. The molecule has 35 heavy (non-hydrogen) atoms. The fourth-order valence-electron chi connectivity index (χ4n) is 4.23. The lowest BCUT2D eigenvalue weighted by Crippen LogP contribution is -2.27. The van der Waals surface area contributed by atoms with Crippen molar-refractivity contribution in [2.75, 3.05) is 18.9 Å². The number of anilines is 2. The van der Waals surface area contributed by atoms with Crippen LogP contribution in [0.4, 0.5) is 11.8 Å². The van der Waals surface area contributed by atoms with Crippen LogP contribution < -0.4 is 10.9 Å². The highest BCUT2D eigenvalue weighted by molar-refractivity contribution is 5.76. The van der Waals surface area contributed by atoms with Crippen molar-refractivity contribution in [3.63, 3.8) is 0 Å². The number of fused-ring (bicyclic) bond motifs is 2. The molecule has 0 fully saturated rings. The van der Waals surface area contributed by atoms with Gasteiger partial charge in [-0.1, -0.05) is 18.2 Å². The van der Waals surface area contributed by atoms with Crippen molar-refractivity contribution < 1.29 is 5.11 Å². The molecule has 180 valence electrons. The molecule has 10 nitrogen and oxygen atoms in total. The maximum atomic E-state index is 13.2. The van der Waals surface area contributed by atoms with Crippen molar-refractivity contribution in [2.24, 2.45) is 0 Å². The predicted octanol–water partition coefficient (Wildman–Crippen LogP) is 2.52. The molecule has 0 spiro atoms. The highest BCUT2D eigenvalue weighted by Crippen LogP contribution is 2.23. The third-order valence-corrected chi connectivity index (χ3v) is 6.03. The van der Waals surface area contributed by atoms with Crippen molar-refractivity contribution >= 4 is 22.8 Å². The van der Waals surface area contributed by atoms with Gasteiger partial charge in [-0.15, -0.1) is 6.58 Å². The Balaban J connectivity index is 1.60. The molecule has 0 aromatic carbocycles. The molecule has 0 amide bonds. The van der Waals surface area contributed by atoms with Gasteiger partial charge in [-0.3, -0.25) is 4.79 Å². The van der Waals surface area contributed by atoms with Gasteiger partial charge in [0.05, 0.1) is 12.2 Å².